The maximum absolute atomic E-state index is 5.58. The zero-order valence-corrected chi connectivity index (χ0v) is 11.7. The minimum Gasteiger partial charge on any atom is -0.494 e. The summed E-state index contributed by atoms with van der Waals surface area (Å²) in [5.74, 6) is 1.53. The van der Waals surface area contributed by atoms with Gasteiger partial charge in [0, 0.05) is 0 Å². The Labute approximate surface area is 120 Å². The molecular formula is C17H20O3. The Bertz CT molecular complexity index is 479. The van der Waals surface area contributed by atoms with Crippen molar-refractivity contribution in [2.45, 2.75) is 26.4 Å². The van der Waals surface area contributed by atoms with E-state index in [0.717, 1.165) is 30.8 Å². The van der Waals surface area contributed by atoms with Crippen molar-refractivity contribution in [3.05, 3.63) is 60.2 Å². The standard InChI is InChI=1S/C17H20O3/c1-2-3-13-18-16-9-11-17(12-10-16)20-19-14-15-7-5-4-6-8-15/h4-12H,2-3,13-14H2,1H3. The summed E-state index contributed by atoms with van der Waals surface area (Å²) in [4.78, 5) is 10.4. The summed E-state index contributed by atoms with van der Waals surface area (Å²) in [6, 6.07) is 17.4. The summed E-state index contributed by atoms with van der Waals surface area (Å²) in [7, 11) is 0. The molecule has 0 bridgehead atoms. The minimum atomic E-state index is 0.426. The highest BCUT2D eigenvalue weighted by Gasteiger charge is 1.98. The summed E-state index contributed by atoms with van der Waals surface area (Å²) in [6.07, 6.45) is 2.20. The van der Waals surface area contributed by atoms with E-state index in [1.165, 1.54) is 0 Å². The van der Waals surface area contributed by atoms with Crippen LogP contribution in [0, 0.1) is 0 Å². The van der Waals surface area contributed by atoms with E-state index in [1.807, 2.05) is 54.6 Å². The second-order valence-corrected chi connectivity index (χ2v) is 4.50. The Kier molecular flexibility index (Phi) is 5.93. The summed E-state index contributed by atoms with van der Waals surface area (Å²) in [5.41, 5.74) is 1.08. The van der Waals surface area contributed by atoms with Gasteiger partial charge in [0.2, 0.25) is 0 Å². The number of ether oxygens (including phenoxy) is 1. The Hall–Kier alpha value is -2.00. The average Bonchev–Trinajstić information content (AvgIpc) is 2.50. The molecule has 2 rings (SSSR count). The molecule has 3 nitrogen and oxygen atoms in total. The van der Waals surface area contributed by atoms with E-state index in [9.17, 15) is 0 Å². The summed E-state index contributed by atoms with van der Waals surface area (Å²) in [5, 5.41) is 0. The molecule has 0 unspecified atom stereocenters. The molecule has 0 saturated heterocycles. The Morgan fingerprint density at radius 1 is 0.850 bits per heavy atom. The molecule has 2 aromatic carbocycles. The van der Waals surface area contributed by atoms with Crippen LogP contribution in [0.2, 0.25) is 0 Å². The van der Waals surface area contributed by atoms with Gasteiger partial charge in [-0.05, 0) is 36.2 Å². The fraction of sp³-hybridized carbons (Fsp3) is 0.294. The van der Waals surface area contributed by atoms with Crippen LogP contribution in [0.5, 0.6) is 11.5 Å². The predicted molar refractivity (Wildman–Crippen MR) is 78.7 cm³/mol. The maximum Gasteiger partial charge on any atom is 0.165 e. The van der Waals surface area contributed by atoms with E-state index in [0.29, 0.717) is 12.4 Å². The van der Waals surface area contributed by atoms with Crippen LogP contribution in [0.3, 0.4) is 0 Å². The van der Waals surface area contributed by atoms with Crippen molar-refractivity contribution < 1.29 is 14.5 Å². The molecule has 3 heteroatoms. The van der Waals surface area contributed by atoms with E-state index in [-0.39, 0.29) is 0 Å². The lowest BCUT2D eigenvalue weighted by atomic mass is 10.2. The quantitative estimate of drug-likeness (QED) is 0.405. The largest absolute Gasteiger partial charge is 0.494 e. The van der Waals surface area contributed by atoms with Crippen molar-refractivity contribution in [2.75, 3.05) is 6.61 Å². The van der Waals surface area contributed by atoms with Crippen LogP contribution >= 0.6 is 0 Å². The van der Waals surface area contributed by atoms with Gasteiger partial charge in [-0.2, -0.15) is 4.89 Å². The molecule has 0 heterocycles. The first-order valence-electron chi connectivity index (χ1n) is 6.94. The van der Waals surface area contributed by atoms with Crippen molar-refractivity contribution in [1.82, 2.24) is 0 Å². The van der Waals surface area contributed by atoms with E-state index >= 15 is 0 Å². The highest BCUT2D eigenvalue weighted by Crippen LogP contribution is 2.18. The molecule has 106 valence electrons. The highest BCUT2D eigenvalue weighted by molar-refractivity contribution is 5.30. The normalized spacial score (nSPS) is 10.2. The number of benzene rings is 2. The van der Waals surface area contributed by atoms with Gasteiger partial charge < -0.3 is 9.62 Å². The van der Waals surface area contributed by atoms with Gasteiger partial charge in [0.1, 0.15) is 12.4 Å². The first-order valence-corrected chi connectivity index (χ1v) is 6.94. The molecular weight excluding hydrogens is 252 g/mol. The zero-order valence-electron chi connectivity index (χ0n) is 11.7. The van der Waals surface area contributed by atoms with Crippen LogP contribution in [0.25, 0.3) is 0 Å². The van der Waals surface area contributed by atoms with Gasteiger partial charge in [0.05, 0.1) is 6.61 Å². The molecule has 0 spiro atoms. The molecule has 0 aliphatic carbocycles. The first kappa shape index (κ1) is 14.4. The van der Waals surface area contributed by atoms with E-state index < -0.39 is 0 Å². The van der Waals surface area contributed by atoms with Crippen molar-refractivity contribution >= 4 is 0 Å². The molecule has 0 atom stereocenters. The Morgan fingerprint density at radius 3 is 2.25 bits per heavy atom. The molecule has 0 saturated carbocycles. The van der Waals surface area contributed by atoms with Crippen LogP contribution in [0.4, 0.5) is 0 Å². The number of rotatable bonds is 8. The Balaban J connectivity index is 1.73. The monoisotopic (exact) mass is 272 g/mol. The zero-order chi connectivity index (χ0) is 14.0. The minimum absolute atomic E-state index is 0.426. The van der Waals surface area contributed by atoms with E-state index in [2.05, 4.69) is 6.92 Å². The second kappa shape index (κ2) is 8.23. The molecule has 0 aliphatic heterocycles. The SMILES string of the molecule is CCCCOc1ccc(OOCc2ccccc2)cc1. The molecule has 0 amide bonds. The molecule has 0 radical (unpaired) electrons. The van der Waals surface area contributed by atoms with Crippen LogP contribution in [0.1, 0.15) is 25.3 Å². The molecule has 0 fully saturated rings. The van der Waals surface area contributed by atoms with Crippen molar-refractivity contribution in [1.29, 1.82) is 0 Å². The van der Waals surface area contributed by atoms with Crippen LogP contribution in [-0.2, 0) is 11.5 Å². The fourth-order valence-electron chi connectivity index (χ4n) is 1.67. The van der Waals surface area contributed by atoms with Gasteiger partial charge in [-0.25, -0.2) is 0 Å². The average molecular weight is 272 g/mol. The van der Waals surface area contributed by atoms with Gasteiger partial charge in [-0.3, -0.25) is 0 Å². The van der Waals surface area contributed by atoms with Crippen LogP contribution < -0.4 is 9.62 Å². The second-order valence-electron chi connectivity index (χ2n) is 4.50. The predicted octanol–water partition coefficient (Wildman–Crippen LogP) is 4.38. The number of unbranched alkanes of at least 4 members (excludes halogenated alkanes) is 1. The van der Waals surface area contributed by atoms with Crippen molar-refractivity contribution in [2.24, 2.45) is 0 Å². The topological polar surface area (TPSA) is 27.7 Å². The summed E-state index contributed by atoms with van der Waals surface area (Å²) in [6.45, 7) is 3.32. The van der Waals surface area contributed by atoms with Gasteiger partial charge in [0.25, 0.3) is 0 Å². The lowest BCUT2D eigenvalue weighted by Crippen LogP contribution is -1.98. The third-order valence-electron chi connectivity index (χ3n) is 2.81. The van der Waals surface area contributed by atoms with Crippen LogP contribution in [0.15, 0.2) is 54.6 Å². The van der Waals surface area contributed by atoms with Crippen molar-refractivity contribution in [3.8, 4) is 11.5 Å². The molecule has 0 N–H and O–H groups in total. The molecule has 20 heavy (non-hydrogen) atoms. The van der Waals surface area contributed by atoms with Gasteiger partial charge >= 0.3 is 0 Å². The van der Waals surface area contributed by atoms with E-state index in [1.54, 1.807) is 0 Å². The summed E-state index contributed by atoms with van der Waals surface area (Å²) >= 11 is 0. The van der Waals surface area contributed by atoms with Gasteiger partial charge in [-0.15, -0.1) is 0 Å². The first-order chi connectivity index (χ1) is 9.88. The molecule has 2 aromatic rings. The lowest BCUT2D eigenvalue weighted by molar-refractivity contribution is -0.217. The molecule has 0 aliphatic rings. The number of hydrogen-bond donors (Lipinski definition) is 0. The highest BCUT2D eigenvalue weighted by atomic mass is 17.2. The van der Waals surface area contributed by atoms with Gasteiger partial charge in [-0.1, -0.05) is 43.7 Å². The van der Waals surface area contributed by atoms with Crippen molar-refractivity contribution in [3.63, 3.8) is 0 Å². The fourth-order valence-corrected chi connectivity index (χ4v) is 1.67. The maximum atomic E-state index is 5.58. The third kappa shape index (κ3) is 4.94. The number of hydrogen-bond acceptors (Lipinski definition) is 3. The molecule has 0 aromatic heterocycles. The van der Waals surface area contributed by atoms with E-state index in [4.69, 9.17) is 14.5 Å². The Morgan fingerprint density at radius 2 is 1.55 bits per heavy atom. The summed E-state index contributed by atoms with van der Waals surface area (Å²) < 4.78 is 5.58. The van der Waals surface area contributed by atoms with Gasteiger partial charge in [0.15, 0.2) is 5.75 Å². The van der Waals surface area contributed by atoms with Crippen LogP contribution in [-0.4, -0.2) is 6.61 Å². The third-order valence-corrected chi connectivity index (χ3v) is 2.81. The lowest BCUT2D eigenvalue weighted by Gasteiger charge is -2.07. The smallest absolute Gasteiger partial charge is 0.165 e.